The number of anilines is 1. The number of halogens is 1. The molecule has 0 saturated heterocycles. The number of esters is 1. The van der Waals surface area contributed by atoms with E-state index in [0.717, 1.165) is 16.0 Å². The lowest BCUT2D eigenvalue weighted by Crippen LogP contribution is -2.32. The first kappa shape index (κ1) is 23.2. The smallest absolute Gasteiger partial charge is 0.341 e. The molecule has 1 N–H and O–H groups in total. The third kappa shape index (κ3) is 4.56. The maximum Gasteiger partial charge on any atom is 0.341 e. The van der Waals surface area contributed by atoms with E-state index in [9.17, 15) is 19.6 Å². The van der Waals surface area contributed by atoms with Crippen molar-refractivity contribution < 1.29 is 14.3 Å². The van der Waals surface area contributed by atoms with Crippen LogP contribution in [0.25, 0.3) is 11.1 Å². The van der Waals surface area contributed by atoms with E-state index in [1.54, 1.807) is 45.0 Å². The molecule has 0 unspecified atom stereocenters. The average molecular weight is 471 g/mol. The Morgan fingerprint density at radius 2 is 1.97 bits per heavy atom. The van der Waals surface area contributed by atoms with Gasteiger partial charge < -0.3 is 10.1 Å². The van der Waals surface area contributed by atoms with Crippen molar-refractivity contribution in [3.8, 4) is 17.2 Å². The highest BCUT2D eigenvalue weighted by Gasteiger charge is 2.26. The van der Waals surface area contributed by atoms with E-state index >= 15 is 0 Å². The van der Waals surface area contributed by atoms with E-state index in [2.05, 4.69) is 10.4 Å². The summed E-state index contributed by atoms with van der Waals surface area (Å²) in [7, 11) is 0. The van der Waals surface area contributed by atoms with Gasteiger partial charge in [-0.05, 0) is 31.9 Å². The number of hydrogen-bond acceptors (Lipinski definition) is 7. The third-order valence-electron chi connectivity index (χ3n) is 4.70. The van der Waals surface area contributed by atoms with Crippen molar-refractivity contribution in [1.29, 1.82) is 5.26 Å². The molecule has 164 valence electrons. The van der Waals surface area contributed by atoms with Crippen LogP contribution < -0.4 is 10.9 Å². The lowest BCUT2D eigenvalue weighted by atomic mass is 10.0. The predicted octanol–water partition coefficient (Wildman–Crippen LogP) is 3.93. The normalized spacial score (nSPS) is 10.5. The number of aromatic nitrogens is 2. The van der Waals surface area contributed by atoms with Gasteiger partial charge in [-0.15, -0.1) is 11.3 Å². The van der Waals surface area contributed by atoms with Crippen molar-refractivity contribution in [1.82, 2.24) is 9.78 Å². The molecule has 2 aromatic heterocycles. The summed E-state index contributed by atoms with van der Waals surface area (Å²) >= 11 is 7.45. The molecule has 0 fully saturated rings. The number of hydrogen-bond donors (Lipinski definition) is 1. The SMILES string of the molecule is CCOC(=O)c1c(NC(=O)Cn2nc(C)c(C)c(C#N)c2=O)sc(Cl)c1-c1ccccc1. The lowest BCUT2D eigenvalue weighted by molar-refractivity contribution is -0.117. The molecule has 0 aliphatic carbocycles. The van der Waals surface area contributed by atoms with E-state index < -0.39 is 24.0 Å². The number of ether oxygens (including phenoxy) is 1. The van der Waals surface area contributed by atoms with Crippen LogP contribution >= 0.6 is 22.9 Å². The number of nitriles is 1. The Labute approximate surface area is 193 Å². The molecule has 1 amide bonds. The number of nitrogens with zero attached hydrogens (tertiary/aromatic N) is 3. The second-order valence-corrected chi connectivity index (χ2v) is 8.37. The summed E-state index contributed by atoms with van der Waals surface area (Å²) in [6, 6.07) is 10.9. The summed E-state index contributed by atoms with van der Waals surface area (Å²) in [5.74, 6) is -1.23. The third-order valence-corrected chi connectivity index (χ3v) is 6.02. The fourth-order valence-electron chi connectivity index (χ4n) is 3.07. The van der Waals surface area contributed by atoms with Crippen LogP contribution in [-0.2, 0) is 16.1 Å². The highest BCUT2D eigenvalue weighted by atomic mass is 35.5. The van der Waals surface area contributed by atoms with Gasteiger partial charge >= 0.3 is 5.97 Å². The van der Waals surface area contributed by atoms with Gasteiger partial charge in [-0.3, -0.25) is 9.59 Å². The standard InChI is InChI=1S/C22H19ClN4O4S/c1-4-31-22(30)18-17(14-8-6-5-7-9-14)19(23)32-20(18)25-16(28)11-27-21(29)15(10-24)12(2)13(3)26-27/h5-9H,4,11H2,1-3H3,(H,25,28). The van der Waals surface area contributed by atoms with Crippen LogP contribution in [0.15, 0.2) is 35.1 Å². The molecule has 10 heteroatoms. The fraction of sp³-hybridized carbons (Fsp3) is 0.227. The van der Waals surface area contributed by atoms with E-state index in [0.29, 0.717) is 26.7 Å². The van der Waals surface area contributed by atoms with Crippen molar-refractivity contribution in [2.75, 3.05) is 11.9 Å². The number of thiophene rings is 1. The highest BCUT2D eigenvalue weighted by molar-refractivity contribution is 7.21. The average Bonchev–Trinajstić information content (AvgIpc) is 3.08. The maximum atomic E-state index is 12.7. The number of carbonyl (C=O) groups excluding carboxylic acids is 2. The van der Waals surface area contributed by atoms with Crippen LogP contribution in [0.3, 0.4) is 0 Å². The molecule has 32 heavy (non-hydrogen) atoms. The molecule has 0 bridgehead atoms. The molecule has 0 spiro atoms. The van der Waals surface area contributed by atoms with Crippen LogP contribution in [0, 0.1) is 25.2 Å². The quantitative estimate of drug-likeness (QED) is 0.546. The summed E-state index contributed by atoms with van der Waals surface area (Å²) in [6.07, 6.45) is 0. The van der Waals surface area contributed by atoms with E-state index in [-0.39, 0.29) is 22.7 Å². The fourth-order valence-corrected chi connectivity index (χ4v) is 4.45. The first-order valence-corrected chi connectivity index (χ1v) is 10.8. The van der Waals surface area contributed by atoms with Crippen molar-refractivity contribution in [2.24, 2.45) is 0 Å². The summed E-state index contributed by atoms with van der Waals surface area (Å²) in [5.41, 5.74) is 1.50. The highest BCUT2D eigenvalue weighted by Crippen LogP contribution is 2.43. The van der Waals surface area contributed by atoms with Crippen molar-refractivity contribution >= 4 is 39.8 Å². The van der Waals surface area contributed by atoms with E-state index in [1.165, 1.54) is 0 Å². The molecule has 8 nitrogen and oxygen atoms in total. The van der Waals surface area contributed by atoms with E-state index in [4.69, 9.17) is 16.3 Å². The van der Waals surface area contributed by atoms with Gasteiger partial charge in [0.2, 0.25) is 5.91 Å². The molecule has 0 atom stereocenters. The number of nitrogens with one attached hydrogen (secondary N) is 1. The number of rotatable bonds is 6. The van der Waals surface area contributed by atoms with Crippen molar-refractivity contribution in [3.63, 3.8) is 0 Å². The molecule has 0 radical (unpaired) electrons. The van der Waals surface area contributed by atoms with E-state index in [1.807, 2.05) is 12.1 Å². The second kappa shape index (κ2) is 9.77. The Hall–Kier alpha value is -3.48. The van der Waals surface area contributed by atoms with Gasteiger partial charge in [0, 0.05) is 5.56 Å². The van der Waals surface area contributed by atoms with Crippen molar-refractivity contribution in [3.05, 3.63) is 67.4 Å². The van der Waals surface area contributed by atoms with Gasteiger partial charge in [-0.1, -0.05) is 41.9 Å². The summed E-state index contributed by atoms with van der Waals surface area (Å²) in [5, 5.41) is 16.2. The molecule has 0 aliphatic heterocycles. The molecule has 0 aliphatic rings. The summed E-state index contributed by atoms with van der Waals surface area (Å²) < 4.78 is 6.41. The molecule has 1 aromatic carbocycles. The number of amides is 1. The molecule has 3 aromatic rings. The van der Waals surface area contributed by atoms with Crippen LogP contribution in [0.4, 0.5) is 5.00 Å². The molecule has 0 saturated carbocycles. The van der Waals surface area contributed by atoms with Gasteiger partial charge in [0.1, 0.15) is 33.1 Å². The zero-order valence-corrected chi connectivity index (χ0v) is 19.1. The minimum absolute atomic E-state index is 0.0666. The van der Waals surface area contributed by atoms with Gasteiger partial charge in [-0.25, -0.2) is 9.48 Å². The van der Waals surface area contributed by atoms with Gasteiger partial charge in [0.25, 0.3) is 5.56 Å². The van der Waals surface area contributed by atoms with Crippen LogP contribution in [0.1, 0.15) is 34.1 Å². The molecule has 3 rings (SSSR count). The zero-order chi connectivity index (χ0) is 23.4. The summed E-state index contributed by atoms with van der Waals surface area (Å²) in [4.78, 5) is 37.9. The Kier molecular flexibility index (Phi) is 7.08. The Balaban J connectivity index is 1.99. The van der Waals surface area contributed by atoms with Gasteiger partial charge in [-0.2, -0.15) is 10.4 Å². The first-order valence-electron chi connectivity index (χ1n) is 9.61. The number of benzene rings is 1. The van der Waals surface area contributed by atoms with Gasteiger partial charge in [0.15, 0.2) is 0 Å². The maximum absolute atomic E-state index is 12.7. The minimum atomic E-state index is -0.662. The first-order chi connectivity index (χ1) is 15.3. The second-order valence-electron chi connectivity index (χ2n) is 6.75. The van der Waals surface area contributed by atoms with Crippen molar-refractivity contribution in [2.45, 2.75) is 27.3 Å². The largest absolute Gasteiger partial charge is 0.462 e. The molecular formula is C22H19ClN4O4S. The number of carbonyl (C=O) groups is 2. The summed E-state index contributed by atoms with van der Waals surface area (Å²) in [6.45, 7) is 4.65. The van der Waals surface area contributed by atoms with Gasteiger partial charge in [0.05, 0.1) is 12.3 Å². The van der Waals surface area contributed by atoms with Crippen LogP contribution in [0.2, 0.25) is 4.34 Å². The van der Waals surface area contributed by atoms with Crippen LogP contribution in [-0.4, -0.2) is 28.3 Å². The Morgan fingerprint density at radius 3 is 2.59 bits per heavy atom. The Morgan fingerprint density at radius 1 is 1.28 bits per heavy atom. The monoisotopic (exact) mass is 470 g/mol. The van der Waals surface area contributed by atoms with Crippen LogP contribution in [0.5, 0.6) is 0 Å². The minimum Gasteiger partial charge on any atom is -0.462 e. The number of aryl methyl sites for hydroxylation is 1. The lowest BCUT2D eigenvalue weighted by Gasteiger charge is -2.10. The predicted molar refractivity (Wildman–Crippen MR) is 122 cm³/mol. The Bertz CT molecular complexity index is 1290. The zero-order valence-electron chi connectivity index (χ0n) is 17.6. The molecular weight excluding hydrogens is 452 g/mol. The topological polar surface area (TPSA) is 114 Å². The molecule has 2 heterocycles.